The third kappa shape index (κ3) is 4.80. The van der Waals surface area contributed by atoms with E-state index < -0.39 is 11.0 Å². The summed E-state index contributed by atoms with van der Waals surface area (Å²) in [5.41, 5.74) is 0.122. The number of nitrogens with zero attached hydrogens (tertiary/aromatic N) is 2. The van der Waals surface area contributed by atoms with Gasteiger partial charge in [0.25, 0.3) is 0 Å². The van der Waals surface area contributed by atoms with Crippen molar-refractivity contribution in [3.05, 3.63) is 34.9 Å². The van der Waals surface area contributed by atoms with Crippen LogP contribution in [0.2, 0.25) is 5.02 Å². The number of piperidine rings is 1. The molecule has 0 bridgehead atoms. The normalized spacial score (nSPS) is 21.2. The average molecular weight is 407 g/mol. The van der Waals surface area contributed by atoms with Gasteiger partial charge in [-0.3, -0.25) is 4.79 Å². The molecule has 1 unspecified atom stereocenters. The van der Waals surface area contributed by atoms with E-state index in [-0.39, 0.29) is 17.9 Å². The lowest BCUT2D eigenvalue weighted by Crippen LogP contribution is -2.48. The molecule has 2 aliphatic rings. The standard InChI is InChI=1S/C22H31ClN2O3/c1-21(2,3)28-20(27)24(4)14-16-7-6-12-25(15-16)19(26)22(10-11-22)17-8-5-9-18(23)13-17/h5,8-9,13,16H,6-7,10-12,14-15H2,1-4H3. The van der Waals surface area contributed by atoms with Crippen LogP contribution >= 0.6 is 11.6 Å². The molecule has 0 spiro atoms. The molecular formula is C22H31ClN2O3. The predicted octanol–water partition coefficient (Wildman–Crippen LogP) is 4.48. The Hall–Kier alpha value is -1.75. The van der Waals surface area contributed by atoms with Crippen LogP contribution in [0.15, 0.2) is 24.3 Å². The minimum atomic E-state index is -0.505. The molecule has 0 radical (unpaired) electrons. The zero-order valence-electron chi connectivity index (χ0n) is 17.3. The number of likely N-dealkylation sites (tertiary alicyclic amines) is 1. The summed E-state index contributed by atoms with van der Waals surface area (Å²) in [4.78, 5) is 29.2. The first kappa shape index (κ1) is 21.0. The predicted molar refractivity (Wildman–Crippen MR) is 111 cm³/mol. The van der Waals surface area contributed by atoms with Gasteiger partial charge in [0.15, 0.2) is 0 Å². The number of amides is 2. The minimum absolute atomic E-state index is 0.208. The number of halogens is 1. The highest BCUT2D eigenvalue weighted by molar-refractivity contribution is 6.30. The molecule has 1 aromatic rings. The van der Waals surface area contributed by atoms with Gasteiger partial charge in [-0.1, -0.05) is 23.7 Å². The van der Waals surface area contributed by atoms with E-state index in [1.165, 1.54) is 0 Å². The number of ether oxygens (including phenoxy) is 1. The van der Waals surface area contributed by atoms with Crippen molar-refractivity contribution in [1.82, 2.24) is 9.80 Å². The number of hydrogen-bond acceptors (Lipinski definition) is 3. The van der Waals surface area contributed by atoms with Crippen LogP contribution < -0.4 is 0 Å². The zero-order valence-corrected chi connectivity index (χ0v) is 18.1. The zero-order chi connectivity index (χ0) is 20.5. The van der Waals surface area contributed by atoms with Gasteiger partial charge in [0.1, 0.15) is 5.60 Å². The van der Waals surface area contributed by atoms with E-state index in [0.29, 0.717) is 18.1 Å². The molecule has 1 aliphatic carbocycles. The Balaban J connectivity index is 1.62. The minimum Gasteiger partial charge on any atom is -0.444 e. The fourth-order valence-electron chi connectivity index (χ4n) is 4.04. The molecule has 3 rings (SSSR count). The maximum atomic E-state index is 13.3. The Morgan fingerprint density at radius 1 is 1.32 bits per heavy atom. The fourth-order valence-corrected chi connectivity index (χ4v) is 4.23. The summed E-state index contributed by atoms with van der Waals surface area (Å²) in [6, 6.07) is 7.69. The van der Waals surface area contributed by atoms with Crippen molar-refractivity contribution in [1.29, 1.82) is 0 Å². The van der Waals surface area contributed by atoms with E-state index in [0.717, 1.165) is 37.8 Å². The topological polar surface area (TPSA) is 49.9 Å². The molecule has 5 nitrogen and oxygen atoms in total. The quantitative estimate of drug-likeness (QED) is 0.740. The van der Waals surface area contributed by atoms with Crippen molar-refractivity contribution < 1.29 is 14.3 Å². The van der Waals surface area contributed by atoms with Gasteiger partial charge < -0.3 is 14.5 Å². The number of carbonyl (C=O) groups is 2. The summed E-state index contributed by atoms with van der Waals surface area (Å²) in [5.74, 6) is 0.477. The lowest BCUT2D eigenvalue weighted by atomic mass is 9.91. The van der Waals surface area contributed by atoms with Crippen molar-refractivity contribution >= 4 is 23.6 Å². The Morgan fingerprint density at radius 2 is 2.04 bits per heavy atom. The first-order valence-electron chi connectivity index (χ1n) is 10.1. The Labute approximate surface area is 173 Å². The van der Waals surface area contributed by atoms with Crippen LogP contribution in [0.4, 0.5) is 4.79 Å². The molecule has 0 N–H and O–H groups in total. The van der Waals surface area contributed by atoms with Gasteiger partial charge in [-0.2, -0.15) is 0 Å². The lowest BCUT2D eigenvalue weighted by Gasteiger charge is -2.37. The molecule has 154 valence electrons. The molecule has 0 aromatic heterocycles. The highest BCUT2D eigenvalue weighted by Crippen LogP contribution is 2.50. The smallest absolute Gasteiger partial charge is 0.410 e. The van der Waals surface area contributed by atoms with Gasteiger partial charge in [-0.05, 0) is 70.1 Å². The molecule has 2 fully saturated rings. The Morgan fingerprint density at radius 3 is 2.64 bits per heavy atom. The van der Waals surface area contributed by atoms with Crippen LogP contribution in [0.25, 0.3) is 0 Å². The summed E-state index contributed by atoms with van der Waals surface area (Å²) in [5, 5.41) is 0.673. The Bertz CT molecular complexity index is 740. The van der Waals surface area contributed by atoms with Crippen LogP contribution in [0.3, 0.4) is 0 Å². The van der Waals surface area contributed by atoms with Crippen LogP contribution in [0.1, 0.15) is 52.0 Å². The lowest BCUT2D eigenvalue weighted by molar-refractivity contribution is -0.135. The molecule has 1 heterocycles. The monoisotopic (exact) mass is 406 g/mol. The highest BCUT2D eigenvalue weighted by Gasteiger charge is 2.53. The number of hydrogen-bond donors (Lipinski definition) is 0. The summed E-state index contributed by atoms with van der Waals surface area (Å²) in [6.45, 7) is 7.67. The average Bonchev–Trinajstić information content (AvgIpc) is 3.42. The Kier molecular flexibility index (Phi) is 5.95. The van der Waals surface area contributed by atoms with E-state index >= 15 is 0 Å². The van der Waals surface area contributed by atoms with Crippen LogP contribution in [-0.2, 0) is 14.9 Å². The van der Waals surface area contributed by atoms with E-state index in [9.17, 15) is 9.59 Å². The summed E-state index contributed by atoms with van der Waals surface area (Å²) < 4.78 is 5.44. The molecule has 1 atom stereocenters. The second-order valence-corrected chi connectivity index (χ2v) is 9.65. The molecule has 28 heavy (non-hydrogen) atoms. The van der Waals surface area contributed by atoms with Gasteiger partial charge in [-0.25, -0.2) is 4.79 Å². The number of rotatable bonds is 4. The van der Waals surface area contributed by atoms with Crippen LogP contribution in [0.5, 0.6) is 0 Å². The largest absolute Gasteiger partial charge is 0.444 e. The van der Waals surface area contributed by atoms with Crippen LogP contribution in [-0.4, -0.2) is 54.1 Å². The third-order valence-corrected chi connectivity index (χ3v) is 5.82. The maximum Gasteiger partial charge on any atom is 0.410 e. The molecular weight excluding hydrogens is 376 g/mol. The van der Waals surface area contributed by atoms with Gasteiger partial charge in [0, 0.05) is 31.7 Å². The van der Waals surface area contributed by atoms with Gasteiger partial charge in [0.2, 0.25) is 5.91 Å². The molecule has 1 aromatic carbocycles. The van der Waals surface area contributed by atoms with Gasteiger partial charge in [0.05, 0.1) is 5.41 Å². The maximum absolute atomic E-state index is 13.3. The van der Waals surface area contributed by atoms with E-state index in [1.807, 2.05) is 49.9 Å². The van der Waals surface area contributed by atoms with Crippen molar-refractivity contribution in [2.24, 2.45) is 5.92 Å². The fraction of sp³-hybridized carbons (Fsp3) is 0.636. The second kappa shape index (κ2) is 7.94. The summed E-state index contributed by atoms with van der Waals surface area (Å²) >= 11 is 6.15. The van der Waals surface area contributed by atoms with Crippen molar-refractivity contribution in [3.8, 4) is 0 Å². The molecule has 1 aliphatic heterocycles. The number of carbonyl (C=O) groups excluding carboxylic acids is 2. The first-order chi connectivity index (χ1) is 13.1. The van der Waals surface area contributed by atoms with Crippen molar-refractivity contribution in [3.63, 3.8) is 0 Å². The second-order valence-electron chi connectivity index (χ2n) is 9.21. The van der Waals surface area contributed by atoms with Gasteiger partial charge >= 0.3 is 6.09 Å². The van der Waals surface area contributed by atoms with Crippen molar-refractivity contribution in [2.75, 3.05) is 26.7 Å². The SMILES string of the molecule is CN(CC1CCCN(C(=O)C2(c3cccc(Cl)c3)CC2)C1)C(=O)OC(C)(C)C. The summed E-state index contributed by atoms with van der Waals surface area (Å²) in [6.07, 6.45) is 3.43. The van der Waals surface area contributed by atoms with Crippen LogP contribution in [0, 0.1) is 5.92 Å². The molecule has 2 amide bonds. The molecule has 1 saturated carbocycles. The molecule has 1 saturated heterocycles. The van der Waals surface area contributed by atoms with E-state index in [1.54, 1.807) is 11.9 Å². The van der Waals surface area contributed by atoms with E-state index in [4.69, 9.17) is 16.3 Å². The third-order valence-electron chi connectivity index (χ3n) is 5.58. The first-order valence-corrected chi connectivity index (χ1v) is 10.5. The molecule has 6 heteroatoms. The number of benzene rings is 1. The van der Waals surface area contributed by atoms with E-state index in [2.05, 4.69) is 0 Å². The van der Waals surface area contributed by atoms with Crippen molar-refractivity contribution in [2.45, 2.75) is 57.5 Å². The highest BCUT2D eigenvalue weighted by atomic mass is 35.5. The summed E-state index contributed by atoms with van der Waals surface area (Å²) in [7, 11) is 1.77. The van der Waals surface area contributed by atoms with Gasteiger partial charge in [-0.15, -0.1) is 0 Å².